The van der Waals surface area contributed by atoms with Gasteiger partial charge in [-0.3, -0.25) is 19.3 Å². The fraction of sp³-hybridized carbons (Fsp3) is 0.308. The molecule has 6 nitrogen and oxygen atoms in total. The Hall–Kier alpha value is -2.21. The van der Waals surface area contributed by atoms with Gasteiger partial charge in [-0.2, -0.15) is 0 Å². The summed E-state index contributed by atoms with van der Waals surface area (Å²) in [5, 5.41) is 0. The third-order valence-corrected chi connectivity index (χ3v) is 2.69. The number of nitrogens with two attached hydrogens (primary N) is 2. The molecule has 0 aliphatic carbocycles. The van der Waals surface area contributed by atoms with Gasteiger partial charge in [-0.25, -0.2) is 0 Å². The van der Waals surface area contributed by atoms with E-state index in [1.165, 1.54) is 12.1 Å². The predicted octanol–water partition coefficient (Wildman–Crippen LogP) is 0.121. The standard InChI is InChI=1S/C11H11N3O3.C2H6/c12-5-8(9(13)15)14-10(16)6-3-1-2-4-7(6)11(14)17;1-2/h1-4,8H,5,12H2,(H2,13,15);1-2H3. The molecule has 1 aromatic carbocycles. The highest BCUT2D eigenvalue weighted by molar-refractivity contribution is 6.22. The number of carbonyl (C=O) groups excluding carboxylic acids is 3. The van der Waals surface area contributed by atoms with E-state index < -0.39 is 23.8 Å². The largest absolute Gasteiger partial charge is 0.368 e. The van der Waals surface area contributed by atoms with E-state index in [-0.39, 0.29) is 17.7 Å². The minimum absolute atomic E-state index is 0.180. The summed E-state index contributed by atoms with van der Waals surface area (Å²) in [6, 6.07) is 5.26. The minimum atomic E-state index is -1.10. The van der Waals surface area contributed by atoms with Crippen LogP contribution in [0.4, 0.5) is 0 Å². The zero-order chi connectivity index (χ0) is 14.6. The highest BCUT2D eigenvalue weighted by Crippen LogP contribution is 2.23. The van der Waals surface area contributed by atoms with Crippen LogP contribution in [-0.4, -0.2) is 35.2 Å². The van der Waals surface area contributed by atoms with Crippen LogP contribution >= 0.6 is 0 Å². The van der Waals surface area contributed by atoms with Crippen molar-refractivity contribution in [3.8, 4) is 0 Å². The summed E-state index contributed by atoms with van der Waals surface area (Å²) < 4.78 is 0. The van der Waals surface area contributed by atoms with Gasteiger partial charge >= 0.3 is 0 Å². The van der Waals surface area contributed by atoms with Crippen molar-refractivity contribution in [1.29, 1.82) is 0 Å². The molecule has 0 bridgehead atoms. The number of hydrogen-bond acceptors (Lipinski definition) is 4. The first kappa shape index (κ1) is 14.8. The Balaban J connectivity index is 0.000000861. The summed E-state index contributed by atoms with van der Waals surface area (Å²) in [4.78, 5) is 35.9. The topological polar surface area (TPSA) is 106 Å². The van der Waals surface area contributed by atoms with Crippen molar-refractivity contribution in [2.75, 3.05) is 6.54 Å². The third-order valence-electron chi connectivity index (χ3n) is 2.69. The summed E-state index contributed by atoms with van der Waals surface area (Å²) >= 11 is 0. The van der Waals surface area contributed by atoms with Crippen molar-refractivity contribution < 1.29 is 14.4 Å². The molecule has 2 rings (SSSR count). The molecule has 1 heterocycles. The van der Waals surface area contributed by atoms with Crippen LogP contribution in [0.2, 0.25) is 0 Å². The number of hydrogen-bond donors (Lipinski definition) is 2. The first-order chi connectivity index (χ1) is 9.07. The monoisotopic (exact) mass is 263 g/mol. The van der Waals surface area contributed by atoms with Crippen LogP contribution in [0.15, 0.2) is 24.3 Å². The van der Waals surface area contributed by atoms with Crippen LogP contribution in [0.3, 0.4) is 0 Å². The Morgan fingerprint density at radius 3 is 1.89 bits per heavy atom. The van der Waals surface area contributed by atoms with Crippen LogP contribution in [0, 0.1) is 0 Å². The minimum Gasteiger partial charge on any atom is -0.368 e. The Morgan fingerprint density at radius 2 is 1.58 bits per heavy atom. The second kappa shape index (κ2) is 6.10. The van der Waals surface area contributed by atoms with Gasteiger partial charge in [0.1, 0.15) is 6.04 Å². The highest BCUT2D eigenvalue weighted by atomic mass is 16.2. The molecule has 0 saturated carbocycles. The fourth-order valence-electron chi connectivity index (χ4n) is 1.84. The lowest BCUT2D eigenvalue weighted by molar-refractivity contribution is -0.121. The van der Waals surface area contributed by atoms with E-state index in [0.717, 1.165) is 4.90 Å². The Morgan fingerprint density at radius 1 is 1.16 bits per heavy atom. The number of fused-ring (bicyclic) bond motifs is 1. The maximum absolute atomic E-state index is 12.0. The van der Waals surface area contributed by atoms with Crippen LogP contribution < -0.4 is 11.5 Å². The number of carbonyl (C=O) groups is 3. The normalized spacial score (nSPS) is 14.6. The van der Waals surface area contributed by atoms with Gasteiger partial charge in [-0.05, 0) is 12.1 Å². The summed E-state index contributed by atoms with van der Waals surface area (Å²) in [6.07, 6.45) is 0. The van der Waals surface area contributed by atoms with Gasteiger partial charge in [0, 0.05) is 6.54 Å². The molecule has 1 aliphatic heterocycles. The quantitative estimate of drug-likeness (QED) is 0.755. The molecule has 102 valence electrons. The number of nitrogens with zero attached hydrogens (tertiary/aromatic N) is 1. The summed E-state index contributed by atoms with van der Waals surface area (Å²) in [6.45, 7) is 3.82. The van der Waals surface area contributed by atoms with Gasteiger partial charge in [0.05, 0.1) is 11.1 Å². The second-order valence-electron chi connectivity index (χ2n) is 3.68. The van der Waals surface area contributed by atoms with Crippen molar-refractivity contribution in [3.05, 3.63) is 35.4 Å². The fourth-order valence-corrected chi connectivity index (χ4v) is 1.84. The lowest BCUT2D eigenvalue weighted by atomic mass is 10.1. The molecular weight excluding hydrogens is 246 g/mol. The summed E-state index contributed by atoms with van der Waals surface area (Å²) in [5.41, 5.74) is 11.0. The second-order valence-corrected chi connectivity index (χ2v) is 3.68. The van der Waals surface area contributed by atoms with Crippen molar-refractivity contribution in [2.24, 2.45) is 11.5 Å². The third kappa shape index (κ3) is 2.48. The van der Waals surface area contributed by atoms with Crippen molar-refractivity contribution in [3.63, 3.8) is 0 Å². The molecule has 0 fully saturated rings. The summed E-state index contributed by atoms with van der Waals surface area (Å²) in [5.74, 6) is -1.85. The molecule has 3 amide bonds. The van der Waals surface area contributed by atoms with Crippen LogP contribution in [0.5, 0.6) is 0 Å². The number of amides is 3. The Bertz CT molecular complexity index is 479. The number of imide groups is 1. The maximum atomic E-state index is 12.0. The van der Waals surface area contributed by atoms with E-state index in [1.807, 2.05) is 13.8 Å². The summed E-state index contributed by atoms with van der Waals surface area (Å²) in [7, 11) is 0. The van der Waals surface area contributed by atoms with Crippen LogP contribution in [0.1, 0.15) is 34.6 Å². The van der Waals surface area contributed by atoms with Crippen molar-refractivity contribution in [1.82, 2.24) is 4.90 Å². The molecule has 1 unspecified atom stereocenters. The Kier molecular flexibility index (Phi) is 4.77. The van der Waals surface area contributed by atoms with Crippen LogP contribution in [0.25, 0.3) is 0 Å². The lowest BCUT2D eigenvalue weighted by Crippen LogP contribution is -2.51. The molecule has 4 N–H and O–H groups in total. The molecule has 1 aliphatic rings. The molecule has 1 aromatic rings. The Labute approximate surface area is 111 Å². The van der Waals surface area contributed by atoms with Gasteiger partial charge in [-0.15, -0.1) is 0 Å². The average molecular weight is 263 g/mol. The SMILES string of the molecule is CC.NCC(C(N)=O)N1C(=O)c2ccccc2C1=O. The molecule has 19 heavy (non-hydrogen) atoms. The number of primary amides is 1. The van der Waals surface area contributed by atoms with Crippen molar-refractivity contribution in [2.45, 2.75) is 19.9 Å². The number of benzene rings is 1. The van der Waals surface area contributed by atoms with Gasteiger partial charge in [0.25, 0.3) is 11.8 Å². The van der Waals surface area contributed by atoms with Crippen molar-refractivity contribution >= 4 is 17.7 Å². The van der Waals surface area contributed by atoms with E-state index in [1.54, 1.807) is 12.1 Å². The smallest absolute Gasteiger partial charge is 0.262 e. The van der Waals surface area contributed by atoms with E-state index in [9.17, 15) is 14.4 Å². The van der Waals surface area contributed by atoms with Gasteiger partial charge in [-0.1, -0.05) is 26.0 Å². The first-order valence-electron chi connectivity index (χ1n) is 6.04. The number of rotatable bonds is 3. The van der Waals surface area contributed by atoms with Crippen LogP contribution in [-0.2, 0) is 4.79 Å². The van der Waals surface area contributed by atoms with Gasteiger partial charge in [0.2, 0.25) is 5.91 Å². The maximum Gasteiger partial charge on any atom is 0.262 e. The average Bonchev–Trinajstić information content (AvgIpc) is 2.67. The van der Waals surface area contributed by atoms with E-state index in [4.69, 9.17) is 11.5 Å². The molecule has 0 spiro atoms. The zero-order valence-electron chi connectivity index (χ0n) is 10.9. The molecular formula is C13H17N3O3. The zero-order valence-corrected chi connectivity index (χ0v) is 10.9. The van der Waals surface area contributed by atoms with E-state index in [0.29, 0.717) is 0 Å². The highest BCUT2D eigenvalue weighted by Gasteiger charge is 2.41. The molecule has 0 saturated heterocycles. The van der Waals surface area contributed by atoms with E-state index in [2.05, 4.69) is 0 Å². The molecule has 0 radical (unpaired) electrons. The van der Waals surface area contributed by atoms with Gasteiger partial charge in [0.15, 0.2) is 0 Å². The molecule has 0 aromatic heterocycles. The first-order valence-corrected chi connectivity index (χ1v) is 6.04. The predicted molar refractivity (Wildman–Crippen MR) is 70.3 cm³/mol. The lowest BCUT2D eigenvalue weighted by Gasteiger charge is -2.21. The van der Waals surface area contributed by atoms with Gasteiger partial charge < -0.3 is 11.5 Å². The molecule has 6 heteroatoms. The van der Waals surface area contributed by atoms with E-state index >= 15 is 0 Å². The molecule has 1 atom stereocenters.